The number of fused-ring (bicyclic) bond motifs is 2. The molecule has 10 aromatic carbocycles. The number of para-hydroxylation sites is 4. The lowest BCUT2D eigenvalue weighted by Crippen LogP contribution is -2.14. The Kier molecular flexibility index (Phi) is 9.59. The van der Waals surface area contributed by atoms with E-state index >= 15 is 0 Å². The van der Waals surface area contributed by atoms with Gasteiger partial charge in [0.05, 0.1) is 11.4 Å². The van der Waals surface area contributed by atoms with Crippen molar-refractivity contribution >= 4 is 72.7 Å². The Morgan fingerprint density at radius 1 is 0.203 bits per heavy atom. The smallest absolute Gasteiger partial charge is 0.0540 e. The molecule has 10 aromatic rings. The fourth-order valence-corrected chi connectivity index (χ4v) is 8.24. The van der Waals surface area contributed by atoms with E-state index in [4.69, 9.17) is 0 Å². The van der Waals surface area contributed by atoms with Crippen molar-refractivity contribution in [3.8, 4) is 11.1 Å². The minimum atomic E-state index is 1.06. The van der Waals surface area contributed by atoms with Crippen LogP contribution in [0.3, 0.4) is 0 Å². The number of nitrogens with zero attached hydrogens (tertiary/aromatic N) is 3. The molecule has 0 saturated heterocycles. The molecule has 3 nitrogen and oxygen atoms in total. The molecule has 0 bridgehead atoms. The Bertz CT molecular complexity index is 2930. The van der Waals surface area contributed by atoms with Crippen LogP contribution in [-0.4, -0.2) is 0 Å². The van der Waals surface area contributed by atoms with E-state index < -0.39 is 0 Å². The summed E-state index contributed by atoms with van der Waals surface area (Å²) in [5.41, 5.74) is 12.1. The molecule has 0 aliphatic carbocycles. The second kappa shape index (κ2) is 15.9. The van der Waals surface area contributed by atoms with Crippen LogP contribution in [0, 0.1) is 0 Å². The zero-order valence-electron chi connectivity index (χ0n) is 32.5. The zero-order valence-corrected chi connectivity index (χ0v) is 32.5. The van der Waals surface area contributed by atoms with Crippen molar-refractivity contribution < 1.29 is 0 Å². The van der Waals surface area contributed by atoms with Crippen molar-refractivity contribution in [2.75, 3.05) is 14.7 Å². The molecule has 0 aliphatic rings. The molecular weight excluding hydrogens is 715 g/mol. The van der Waals surface area contributed by atoms with Crippen LogP contribution in [0.5, 0.6) is 0 Å². The lowest BCUT2D eigenvalue weighted by atomic mass is 10.0. The molecule has 0 heterocycles. The first-order chi connectivity index (χ1) is 29.3. The molecule has 280 valence electrons. The molecule has 0 aliphatic heterocycles. The van der Waals surface area contributed by atoms with Gasteiger partial charge in [-0.1, -0.05) is 158 Å². The quantitative estimate of drug-likeness (QED) is 0.138. The number of hydrogen-bond donors (Lipinski definition) is 0. The normalized spacial score (nSPS) is 11.1. The van der Waals surface area contributed by atoms with E-state index in [0.29, 0.717) is 0 Å². The van der Waals surface area contributed by atoms with Crippen LogP contribution in [0.25, 0.3) is 32.7 Å². The van der Waals surface area contributed by atoms with Gasteiger partial charge < -0.3 is 14.7 Å². The van der Waals surface area contributed by atoms with Crippen LogP contribution < -0.4 is 14.7 Å². The third kappa shape index (κ3) is 7.07. The largest absolute Gasteiger partial charge is 0.310 e. The van der Waals surface area contributed by atoms with Gasteiger partial charge in [0.2, 0.25) is 0 Å². The third-order valence-electron chi connectivity index (χ3n) is 11.0. The summed E-state index contributed by atoms with van der Waals surface area (Å²) in [6.07, 6.45) is 0. The van der Waals surface area contributed by atoms with E-state index in [9.17, 15) is 0 Å². The summed E-state index contributed by atoms with van der Waals surface area (Å²) >= 11 is 0. The van der Waals surface area contributed by atoms with E-state index in [2.05, 4.69) is 263 Å². The van der Waals surface area contributed by atoms with Crippen LogP contribution >= 0.6 is 0 Å². The lowest BCUT2D eigenvalue weighted by molar-refractivity contribution is 1.25. The minimum Gasteiger partial charge on any atom is -0.310 e. The highest BCUT2D eigenvalue weighted by Gasteiger charge is 2.21. The Balaban J connectivity index is 1.18. The lowest BCUT2D eigenvalue weighted by Gasteiger charge is -2.31. The van der Waals surface area contributed by atoms with E-state index in [1.54, 1.807) is 0 Å². The fraction of sp³-hybridized carbons (Fsp3) is 0. The van der Waals surface area contributed by atoms with Gasteiger partial charge in [-0.15, -0.1) is 0 Å². The third-order valence-corrected chi connectivity index (χ3v) is 11.0. The van der Waals surface area contributed by atoms with Gasteiger partial charge in [0.1, 0.15) is 0 Å². The summed E-state index contributed by atoms with van der Waals surface area (Å²) in [7, 11) is 0. The standard InChI is InChI=1S/C56H41N3/c1-5-23-46(24-6-1)57(47-25-7-2-8-26-47)51-39-45(40-52(41-51)59(49-29-11-4-12-30-49)56-34-18-22-44-20-14-16-32-54(44)56)42-35-37-50(38-36-42)58(48-27-9-3-10-28-48)55-33-17-21-43-19-13-15-31-53(43)55/h1-41H. The Morgan fingerprint density at radius 3 is 1.00 bits per heavy atom. The molecule has 0 amide bonds. The number of benzene rings is 10. The minimum absolute atomic E-state index is 1.06. The number of anilines is 9. The molecule has 0 saturated carbocycles. The Hall–Kier alpha value is -7.88. The predicted octanol–water partition coefficient (Wildman–Crippen LogP) is 16.1. The zero-order chi connectivity index (χ0) is 39.4. The van der Waals surface area contributed by atoms with Gasteiger partial charge in [-0.2, -0.15) is 0 Å². The molecule has 0 N–H and O–H groups in total. The molecule has 10 rings (SSSR count). The summed E-state index contributed by atoms with van der Waals surface area (Å²) < 4.78 is 0. The topological polar surface area (TPSA) is 9.72 Å². The van der Waals surface area contributed by atoms with E-state index in [1.165, 1.54) is 21.5 Å². The molecule has 59 heavy (non-hydrogen) atoms. The van der Waals surface area contributed by atoms with Gasteiger partial charge in [-0.3, -0.25) is 0 Å². The number of hydrogen-bond acceptors (Lipinski definition) is 3. The Labute approximate surface area is 345 Å². The average Bonchev–Trinajstić information content (AvgIpc) is 3.31. The van der Waals surface area contributed by atoms with Crippen molar-refractivity contribution in [2.45, 2.75) is 0 Å². The first kappa shape index (κ1) is 35.5. The molecule has 0 radical (unpaired) electrons. The predicted molar refractivity (Wildman–Crippen MR) is 251 cm³/mol. The van der Waals surface area contributed by atoms with Gasteiger partial charge in [0.25, 0.3) is 0 Å². The van der Waals surface area contributed by atoms with Crippen LogP contribution in [0.2, 0.25) is 0 Å². The van der Waals surface area contributed by atoms with E-state index in [0.717, 1.165) is 62.3 Å². The highest BCUT2D eigenvalue weighted by molar-refractivity contribution is 6.01. The Morgan fingerprint density at radius 2 is 0.542 bits per heavy atom. The van der Waals surface area contributed by atoms with Gasteiger partial charge in [0.15, 0.2) is 0 Å². The molecule has 0 aromatic heterocycles. The second-order valence-electron chi connectivity index (χ2n) is 14.6. The van der Waals surface area contributed by atoms with Crippen molar-refractivity contribution in [1.29, 1.82) is 0 Å². The van der Waals surface area contributed by atoms with Crippen molar-refractivity contribution in [2.24, 2.45) is 0 Å². The maximum atomic E-state index is 2.40. The molecule has 0 atom stereocenters. The van der Waals surface area contributed by atoms with Crippen LogP contribution in [0.15, 0.2) is 249 Å². The van der Waals surface area contributed by atoms with Crippen LogP contribution in [-0.2, 0) is 0 Å². The molecule has 3 heteroatoms. The van der Waals surface area contributed by atoms with Gasteiger partial charge >= 0.3 is 0 Å². The maximum absolute atomic E-state index is 2.40. The van der Waals surface area contributed by atoms with Gasteiger partial charge in [-0.25, -0.2) is 0 Å². The summed E-state index contributed by atoms with van der Waals surface area (Å²) in [5.74, 6) is 0. The van der Waals surface area contributed by atoms with Gasteiger partial charge in [-0.05, 0) is 113 Å². The highest BCUT2D eigenvalue weighted by Crippen LogP contribution is 2.45. The van der Waals surface area contributed by atoms with Crippen LogP contribution in [0.4, 0.5) is 51.2 Å². The summed E-state index contributed by atoms with van der Waals surface area (Å²) in [5, 5.41) is 4.80. The second-order valence-corrected chi connectivity index (χ2v) is 14.6. The van der Waals surface area contributed by atoms with E-state index in [-0.39, 0.29) is 0 Å². The molecule has 0 spiro atoms. The summed E-state index contributed by atoms with van der Waals surface area (Å²) in [6, 6.07) is 89.0. The van der Waals surface area contributed by atoms with Crippen molar-refractivity contribution in [3.63, 3.8) is 0 Å². The fourth-order valence-electron chi connectivity index (χ4n) is 8.24. The molecule has 0 fully saturated rings. The SMILES string of the molecule is c1ccc(N(c2ccccc2)c2cc(-c3ccc(N(c4ccccc4)c4cccc5ccccc45)cc3)cc(N(c3ccccc3)c3cccc4ccccc34)c2)cc1. The highest BCUT2D eigenvalue weighted by atomic mass is 15.2. The van der Waals surface area contributed by atoms with Crippen molar-refractivity contribution in [1.82, 2.24) is 0 Å². The summed E-state index contributed by atoms with van der Waals surface area (Å²) in [6.45, 7) is 0. The first-order valence-corrected chi connectivity index (χ1v) is 20.1. The average molecular weight is 756 g/mol. The van der Waals surface area contributed by atoms with Gasteiger partial charge in [0, 0.05) is 50.6 Å². The molecule has 0 unspecified atom stereocenters. The summed E-state index contributed by atoms with van der Waals surface area (Å²) in [4.78, 5) is 7.11. The van der Waals surface area contributed by atoms with Crippen LogP contribution in [0.1, 0.15) is 0 Å². The van der Waals surface area contributed by atoms with Crippen molar-refractivity contribution in [3.05, 3.63) is 249 Å². The number of rotatable bonds is 10. The maximum Gasteiger partial charge on any atom is 0.0540 e. The first-order valence-electron chi connectivity index (χ1n) is 20.1. The van der Waals surface area contributed by atoms with E-state index in [1.807, 2.05) is 0 Å². The molecular formula is C56H41N3. The monoisotopic (exact) mass is 755 g/mol.